The summed E-state index contributed by atoms with van der Waals surface area (Å²) in [6, 6.07) is 9.08. The summed E-state index contributed by atoms with van der Waals surface area (Å²) in [5.41, 5.74) is 1.40. The third-order valence-electron chi connectivity index (χ3n) is 5.01. The van der Waals surface area contributed by atoms with Gasteiger partial charge in [-0.05, 0) is 54.8 Å². The van der Waals surface area contributed by atoms with Gasteiger partial charge in [0.2, 0.25) is 0 Å². The van der Waals surface area contributed by atoms with Crippen LogP contribution in [0.2, 0.25) is 0 Å². The molecule has 0 saturated heterocycles. The highest BCUT2D eigenvalue weighted by Crippen LogP contribution is 2.40. The molecule has 1 aliphatic rings. The van der Waals surface area contributed by atoms with E-state index in [0.717, 1.165) is 30.0 Å². The molecule has 2 rings (SSSR count). The van der Waals surface area contributed by atoms with Gasteiger partial charge in [0.05, 0.1) is 7.11 Å². The van der Waals surface area contributed by atoms with Crippen molar-refractivity contribution < 1.29 is 4.74 Å². The van der Waals surface area contributed by atoms with Crippen molar-refractivity contribution in [3.8, 4) is 5.75 Å². The standard InChI is InChI=1S/C18H29NO/c1-5-19-18(15-8-10-17(20-4)11-9-15)16-7-6-13(2)14(3)12-16/h8-11,13-14,16,18-19H,5-7,12H2,1-4H3. The van der Waals surface area contributed by atoms with Gasteiger partial charge in [0, 0.05) is 6.04 Å². The van der Waals surface area contributed by atoms with Crippen molar-refractivity contribution in [2.45, 2.75) is 46.1 Å². The van der Waals surface area contributed by atoms with Crippen LogP contribution in [-0.4, -0.2) is 13.7 Å². The summed E-state index contributed by atoms with van der Waals surface area (Å²) in [7, 11) is 1.72. The van der Waals surface area contributed by atoms with E-state index in [2.05, 4.69) is 50.4 Å². The van der Waals surface area contributed by atoms with Crippen LogP contribution in [0.25, 0.3) is 0 Å². The molecule has 4 atom stereocenters. The lowest BCUT2D eigenvalue weighted by Crippen LogP contribution is -2.33. The van der Waals surface area contributed by atoms with E-state index in [1.165, 1.54) is 24.8 Å². The summed E-state index contributed by atoms with van der Waals surface area (Å²) >= 11 is 0. The molecule has 0 heterocycles. The molecule has 1 aliphatic carbocycles. The van der Waals surface area contributed by atoms with Gasteiger partial charge in [-0.15, -0.1) is 0 Å². The Balaban J connectivity index is 2.13. The van der Waals surface area contributed by atoms with Crippen molar-refractivity contribution in [2.24, 2.45) is 17.8 Å². The first kappa shape index (κ1) is 15.4. The van der Waals surface area contributed by atoms with E-state index in [-0.39, 0.29) is 0 Å². The van der Waals surface area contributed by atoms with Crippen LogP contribution in [0.3, 0.4) is 0 Å². The third-order valence-corrected chi connectivity index (χ3v) is 5.01. The Hall–Kier alpha value is -1.02. The van der Waals surface area contributed by atoms with Gasteiger partial charge in [-0.3, -0.25) is 0 Å². The Kier molecular flexibility index (Phi) is 5.47. The molecule has 0 radical (unpaired) electrons. The highest BCUT2D eigenvalue weighted by atomic mass is 16.5. The molecule has 0 spiro atoms. The molecule has 20 heavy (non-hydrogen) atoms. The van der Waals surface area contributed by atoms with Crippen molar-refractivity contribution >= 4 is 0 Å². The van der Waals surface area contributed by atoms with Crippen molar-refractivity contribution in [3.63, 3.8) is 0 Å². The number of methoxy groups -OCH3 is 1. The molecule has 0 amide bonds. The fraction of sp³-hybridized carbons (Fsp3) is 0.667. The second-order valence-corrected chi connectivity index (χ2v) is 6.34. The van der Waals surface area contributed by atoms with E-state index >= 15 is 0 Å². The van der Waals surface area contributed by atoms with Crippen LogP contribution in [-0.2, 0) is 0 Å². The molecule has 1 aromatic carbocycles. The molecule has 1 saturated carbocycles. The van der Waals surface area contributed by atoms with Crippen molar-refractivity contribution in [1.29, 1.82) is 0 Å². The Labute approximate surface area is 123 Å². The zero-order valence-corrected chi connectivity index (χ0v) is 13.4. The molecule has 0 aliphatic heterocycles. The Morgan fingerprint density at radius 3 is 2.40 bits per heavy atom. The Morgan fingerprint density at radius 2 is 1.85 bits per heavy atom. The first-order chi connectivity index (χ1) is 9.65. The van der Waals surface area contributed by atoms with Crippen LogP contribution in [0.1, 0.15) is 51.6 Å². The van der Waals surface area contributed by atoms with Crippen LogP contribution >= 0.6 is 0 Å². The molecular weight excluding hydrogens is 246 g/mol. The van der Waals surface area contributed by atoms with E-state index in [4.69, 9.17) is 4.74 Å². The number of nitrogens with one attached hydrogen (secondary N) is 1. The summed E-state index contributed by atoms with van der Waals surface area (Å²) in [5, 5.41) is 3.70. The average molecular weight is 275 g/mol. The number of benzene rings is 1. The molecule has 4 unspecified atom stereocenters. The van der Waals surface area contributed by atoms with Crippen molar-refractivity contribution in [3.05, 3.63) is 29.8 Å². The fourth-order valence-corrected chi connectivity index (χ4v) is 3.48. The lowest BCUT2D eigenvalue weighted by Gasteiger charge is -2.37. The third kappa shape index (κ3) is 3.54. The van der Waals surface area contributed by atoms with Gasteiger partial charge in [0.15, 0.2) is 0 Å². The molecule has 2 nitrogen and oxygen atoms in total. The normalized spacial score (nSPS) is 28.1. The number of rotatable bonds is 5. The zero-order valence-electron chi connectivity index (χ0n) is 13.4. The maximum Gasteiger partial charge on any atom is 0.118 e. The topological polar surface area (TPSA) is 21.3 Å². The number of hydrogen-bond acceptors (Lipinski definition) is 2. The van der Waals surface area contributed by atoms with E-state index in [1.54, 1.807) is 7.11 Å². The quantitative estimate of drug-likeness (QED) is 0.859. The molecule has 0 bridgehead atoms. The molecule has 1 N–H and O–H groups in total. The highest BCUT2D eigenvalue weighted by molar-refractivity contribution is 5.29. The van der Waals surface area contributed by atoms with Gasteiger partial charge in [-0.25, -0.2) is 0 Å². The second-order valence-electron chi connectivity index (χ2n) is 6.34. The molecular formula is C18H29NO. The Morgan fingerprint density at radius 1 is 1.15 bits per heavy atom. The minimum absolute atomic E-state index is 0.487. The smallest absolute Gasteiger partial charge is 0.118 e. The van der Waals surface area contributed by atoms with Crippen LogP contribution in [0.4, 0.5) is 0 Å². The SMILES string of the molecule is CCNC(c1ccc(OC)cc1)C1CCC(C)C(C)C1. The molecule has 112 valence electrons. The van der Waals surface area contributed by atoms with Gasteiger partial charge in [0.1, 0.15) is 5.75 Å². The molecule has 2 heteroatoms. The largest absolute Gasteiger partial charge is 0.497 e. The maximum absolute atomic E-state index is 5.27. The summed E-state index contributed by atoms with van der Waals surface area (Å²) in [6.07, 6.45) is 4.05. The highest BCUT2D eigenvalue weighted by Gasteiger charge is 2.30. The lowest BCUT2D eigenvalue weighted by molar-refractivity contribution is 0.172. The van der Waals surface area contributed by atoms with Gasteiger partial charge in [-0.1, -0.05) is 39.3 Å². The zero-order chi connectivity index (χ0) is 14.5. The van der Waals surface area contributed by atoms with Crippen LogP contribution < -0.4 is 10.1 Å². The van der Waals surface area contributed by atoms with Gasteiger partial charge >= 0.3 is 0 Å². The van der Waals surface area contributed by atoms with E-state index in [9.17, 15) is 0 Å². The number of hydrogen-bond donors (Lipinski definition) is 1. The van der Waals surface area contributed by atoms with Crippen molar-refractivity contribution in [2.75, 3.05) is 13.7 Å². The summed E-state index contributed by atoms with van der Waals surface area (Å²) in [4.78, 5) is 0. The molecule has 0 aromatic heterocycles. The minimum Gasteiger partial charge on any atom is -0.497 e. The van der Waals surface area contributed by atoms with E-state index < -0.39 is 0 Å². The van der Waals surface area contributed by atoms with Crippen molar-refractivity contribution in [1.82, 2.24) is 5.32 Å². The predicted octanol–water partition coefficient (Wildman–Crippen LogP) is 4.42. The van der Waals surface area contributed by atoms with Crippen LogP contribution in [0.5, 0.6) is 5.75 Å². The Bertz CT molecular complexity index is 400. The number of ether oxygens (including phenoxy) is 1. The summed E-state index contributed by atoms with van der Waals surface area (Å²) < 4.78 is 5.27. The summed E-state index contributed by atoms with van der Waals surface area (Å²) in [6.45, 7) is 8.03. The van der Waals surface area contributed by atoms with E-state index in [0.29, 0.717) is 6.04 Å². The predicted molar refractivity (Wildman–Crippen MR) is 85.1 cm³/mol. The summed E-state index contributed by atoms with van der Waals surface area (Å²) in [5.74, 6) is 3.42. The fourth-order valence-electron chi connectivity index (χ4n) is 3.48. The lowest BCUT2D eigenvalue weighted by atomic mass is 9.72. The van der Waals surface area contributed by atoms with E-state index in [1.807, 2.05) is 0 Å². The minimum atomic E-state index is 0.487. The van der Waals surface area contributed by atoms with Crippen LogP contribution in [0.15, 0.2) is 24.3 Å². The first-order valence-corrected chi connectivity index (χ1v) is 8.03. The second kappa shape index (κ2) is 7.12. The monoisotopic (exact) mass is 275 g/mol. The molecule has 1 fully saturated rings. The van der Waals surface area contributed by atoms with Gasteiger partial charge in [-0.2, -0.15) is 0 Å². The van der Waals surface area contributed by atoms with Crippen LogP contribution in [0, 0.1) is 17.8 Å². The average Bonchev–Trinajstić information content (AvgIpc) is 2.48. The molecule has 1 aromatic rings. The van der Waals surface area contributed by atoms with Gasteiger partial charge < -0.3 is 10.1 Å². The maximum atomic E-state index is 5.27. The first-order valence-electron chi connectivity index (χ1n) is 8.03. The van der Waals surface area contributed by atoms with Gasteiger partial charge in [0.25, 0.3) is 0 Å².